The largest absolute Gasteiger partial charge is 0.366 e. The molecule has 34 heavy (non-hydrogen) atoms. The average Bonchev–Trinajstić information content (AvgIpc) is 2.80. The van der Waals surface area contributed by atoms with Crippen molar-refractivity contribution >= 4 is 45.8 Å². The monoisotopic (exact) mass is 580 g/mol. The van der Waals surface area contributed by atoms with Crippen molar-refractivity contribution in [1.82, 2.24) is 9.80 Å². The van der Waals surface area contributed by atoms with E-state index >= 15 is 4.39 Å². The van der Waals surface area contributed by atoms with Crippen LogP contribution < -0.4 is 10.6 Å². The number of carbonyl (C=O) groups excluding carboxylic acids is 2. The second kappa shape index (κ2) is 11.5. The number of carbonyl (C=O) groups is 2. The molecule has 1 aliphatic rings. The maximum absolute atomic E-state index is 15.1. The zero-order chi connectivity index (χ0) is 25.0. The smallest absolute Gasteiger partial charge is 0.254 e. The van der Waals surface area contributed by atoms with Gasteiger partial charge in [-0.25, -0.2) is 4.39 Å². The number of primary amides is 1. The number of hydrogen-bond acceptors (Lipinski definition) is 4. The molecule has 8 heteroatoms. The van der Waals surface area contributed by atoms with Gasteiger partial charge in [-0.05, 0) is 83.0 Å². The molecule has 0 spiro atoms. The van der Waals surface area contributed by atoms with Gasteiger partial charge >= 0.3 is 0 Å². The molecule has 2 aromatic carbocycles. The van der Waals surface area contributed by atoms with Crippen molar-refractivity contribution in [3.63, 3.8) is 0 Å². The molecule has 3 rings (SSSR count). The first-order valence-electron chi connectivity index (χ1n) is 11.7. The Morgan fingerprint density at radius 3 is 2.09 bits per heavy atom. The van der Waals surface area contributed by atoms with E-state index in [1.165, 1.54) is 18.2 Å². The fourth-order valence-electron chi connectivity index (χ4n) is 4.67. The Kier molecular flexibility index (Phi) is 8.92. The van der Waals surface area contributed by atoms with Crippen LogP contribution in [-0.4, -0.2) is 57.4 Å². The zero-order valence-electron chi connectivity index (χ0n) is 20.3. The first kappa shape index (κ1) is 26.4. The molecule has 1 fully saturated rings. The van der Waals surface area contributed by atoms with Gasteiger partial charge in [0.15, 0.2) is 0 Å². The number of amides is 2. The minimum absolute atomic E-state index is 0.0274. The fraction of sp³-hybridized carbons (Fsp3) is 0.462. The Hall–Kier alpha value is -2.20. The highest BCUT2D eigenvalue weighted by atomic mass is 127. The van der Waals surface area contributed by atoms with Crippen molar-refractivity contribution in [3.8, 4) is 0 Å². The van der Waals surface area contributed by atoms with Gasteiger partial charge in [0.05, 0.1) is 10.2 Å². The summed E-state index contributed by atoms with van der Waals surface area (Å²) >= 11 is 2.36. The second-order valence-electron chi connectivity index (χ2n) is 9.32. The molecule has 1 aliphatic heterocycles. The van der Waals surface area contributed by atoms with Crippen LogP contribution >= 0.6 is 22.6 Å². The minimum Gasteiger partial charge on any atom is -0.366 e. The summed E-state index contributed by atoms with van der Waals surface area (Å²) in [4.78, 5) is 31.1. The van der Waals surface area contributed by atoms with E-state index < -0.39 is 11.7 Å². The number of rotatable bonds is 8. The lowest BCUT2D eigenvalue weighted by Gasteiger charge is -2.39. The first-order valence-corrected chi connectivity index (χ1v) is 13.3. The molecular formula is C26H34FIN4O2. The molecule has 0 unspecified atom stereocenters. The van der Waals surface area contributed by atoms with Crippen LogP contribution in [0, 0.1) is 5.82 Å². The van der Waals surface area contributed by atoms with E-state index in [9.17, 15) is 9.59 Å². The predicted octanol–water partition coefficient (Wildman–Crippen LogP) is 5.18. The maximum atomic E-state index is 15.1. The number of piperidine rings is 1. The van der Waals surface area contributed by atoms with Gasteiger partial charge in [0, 0.05) is 48.0 Å². The Balaban J connectivity index is 2.00. The number of hydrogen-bond donors (Lipinski definition) is 1. The Morgan fingerprint density at radius 2 is 1.59 bits per heavy atom. The number of anilines is 2. The van der Waals surface area contributed by atoms with E-state index in [2.05, 4.69) is 27.5 Å². The molecule has 0 radical (unpaired) electrons. The summed E-state index contributed by atoms with van der Waals surface area (Å²) in [6.45, 7) is 9.84. The zero-order valence-corrected chi connectivity index (χ0v) is 22.5. The molecule has 1 saturated heterocycles. The van der Waals surface area contributed by atoms with Gasteiger partial charge in [0.2, 0.25) is 5.91 Å². The van der Waals surface area contributed by atoms with Crippen molar-refractivity contribution in [1.29, 1.82) is 0 Å². The highest BCUT2D eigenvalue weighted by Gasteiger charge is 2.29. The molecule has 0 aromatic heterocycles. The Bertz CT molecular complexity index is 996. The number of nitrogens with two attached hydrogens (primary N) is 1. The summed E-state index contributed by atoms with van der Waals surface area (Å²) in [7, 11) is 0. The molecule has 0 bridgehead atoms. The lowest BCUT2D eigenvalue weighted by atomic mass is 10.00. The molecule has 1 heterocycles. The molecule has 6 nitrogen and oxygen atoms in total. The van der Waals surface area contributed by atoms with Crippen LogP contribution in [0.5, 0.6) is 0 Å². The second-order valence-corrected chi connectivity index (χ2v) is 10.00. The molecule has 0 aliphatic carbocycles. The third-order valence-corrected chi connectivity index (χ3v) is 7.29. The van der Waals surface area contributed by atoms with Crippen LogP contribution in [0.4, 0.5) is 15.8 Å². The molecule has 2 aromatic rings. The number of halogens is 2. The maximum Gasteiger partial charge on any atom is 0.254 e. The first-order chi connectivity index (χ1) is 16.1. The summed E-state index contributed by atoms with van der Waals surface area (Å²) in [5, 5.41) is 0. The van der Waals surface area contributed by atoms with Crippen molar-refractivity contribution in [2.24, 2.45) is 5.73 Å². The van der Waals surface area contributed by atoms with Crippen molar-refractivity contribution in [2.45, 2.75) is 58.7 Å². The quantitative estimate of drug-likeness (QED) is 0.266. The van der Waals surface area contributed by atoms with E-state index in [1.807, 2.05) is 49.6 Å². The van der Waals surface area contributed by atoms with Gasteiger partial charge in [0.25, 0.3) is 5.91 Å². The van der Waals surface area contributed by atoms with E-state index in [0.29, 0.717) is 11.3 Å². The highest BCUT2D eigenvalue weighted by molar-refractivity contribution is 14.1. The van der Waals surface area contributed by atoms with Gasteiger partial charge in [-0.3, -0.25) is 14.5 Å². The van der Waals surface area contributed by atoms with Crippen molar-refractivity contribution in [3.05, 3.63) is 59.4 Å². The van der Waals surface area contributed by atoms with Crippen LogP contribution in [-0.2, 0) is 0 Å². The van der Waals surface area contributed by atoms with Crippen LogP contribution in [0.15, 0.2) is 42.5 Å². The van der Waals surface area contributed by atoms with Gasteiger partial charge < -0.3 is 15.5 Å². The third kappa shape index (κ3) is 5.89. The van der Waals surface area contributed by atoms with Crippen molar-refractivity contribution in [2.75, 3.05) is 22.5 Å². The standard InChI is InChI=1S/C26H34FIN4O2/c1-17(2)31(18(3)4)26(34)19-5-8-21(9-6-19)32(22-11-13-30(16-28)14-12-22)24-15-20(25(29)33)7-10-23(24)27/h5-10,15,17-18,22H,11-14,16H2,1-4H3,(H2,29,33). The average molecular weight is 580 g/mol. The van der Waals surface area contributed by atoms with E-state index in [1.54, 1.807) is 12.1 Å². The number of alkyl halides is 1. The minimum atomic E-state index is -0.593. The molecule has 0 atom stereocenters. The SMILES string of the molecule is CC(C)N(C(=O)c1ccc(N(c2cc(C(N)=O)ccc2F)C2CCN(CI)CC2)cc1)C(C)C. The molecule has 2 N–H and O–H groups in total. The van der Waals surface area contributed by atoms with E-state index in [-0.39, 0.29) is 29.6 Å². The topological polar surface area (TPSA) is 69.9 Å². The Labute approximate surface area is 215 Å². The third-order valence-electron chi connectivity index (χ3n) is 6.32. The van der Waals surface area contributed by atoms with Gasteiger partial charge in [0.1, 0.15) is 5.82 Å². The number of nitrogens with zero attached hydrogens (tertiary/aromatic N) is 3. The fourth-order valence-corrected chi connectivity index (χ4v) is 5.36. The van der Waals surface area contributed by atoms with Gasteiger partial charge in [-0.2, -0.15) is 0 Å². The lowest BCUT2D eigenvalue weighted by molar-refractivity contribution is 0.0643. The summed E-state index contributed by atoms with van der Waals surface area (Å²) in [5.41, 5.74) is 7.46. The predicted molar refractivity (Wildman–Crippen MR) is 143 cm³/mol. The van der Waals surface area contributed by atoms with Crippen LogP contribution in [0.1, 0.15) is 61.3 Å². The van der Waals surface area contributed by atoms with Crippen LogP contribution in [0.3, 0.4) is 0 Å². The van der Waals surface area contributed by atoms with Crippen molar-refractivity contribution < 1.29 is 14.0 Å². The number of benzene rings is 2. The van der Waals surface area contributed by atoms with E-state index in [4.69, 9.17) is 5.73 Å². The van der Waals surface area contributed by atoms with Gasteiger partial charge in [-0.15, -0.1) is 0 Å². The lowest BCUT2D eigenvalue weighted by Crippen LogP contribution is -2.43. The molecule has 2 amide bonds. The normalized spacial score (nSPS) is 15.1. The van der Waals surface area contributed by atoms with Crippen LogP contribution in [0.2, 0.25) is 0 Å². The summed E-state index contributed by atoms with van der Waals surface area (Å²) in [6.07, 6.45) is 1.72. The highest BCUT2D eigenvalue weighted by Crippen LogP contribution is 2.35. The molecular weight excluding hydrogens is 546 g/mol. The Morgan fingerprint density at radius 1 is 1.03 bits per heavy atom. The van der Waals surface area contributed by atoms with E-state index in [0.717, 1.165) is 36.2 Å². The summed E-state index contributed by atoms with van der Waals surface area (Å²) in [6, 6.07) is 11.8. The van der Waals surface area contributed by atoms with Crippen LogP contribution in [0.25, 0.3) is 0 Å². The molecule has 184 valence electrons. The summed E-state index contributed by atoms with van der Waals surface area (Å²) in [5.74, 6) is -1.03. The summed E-state index contributed by atoms with van der Waals surface area (Å²) < 4.78 is 16.0. The molecule has 0 saturated carbocycles. The number of likely N-dealkylation sites (tertiary alicyclic amines) is 1. The van der Waals surface area contributed by atoms with Gasteiger partial charge in [-0.1, -0.05) is 22.6 Å².